The number of rotatable bonds is 7. The molecule has 0 unspecified atom stereocenters. The fourth-order valence-electron chi connectivity index (χ4n) is 5.05. The highest BCUT2D eigenvalue weighted by molar-refractivity contribution is 7.90. The van der Waals surface area contributed by atoms with E-state index in [1.54, 1.807) is 43.7 Å². The van der Waals surface area contributed by atoms with Crippen LogP contribution in [0.1, 0.15) is 29.9 Å². The zero-order valence-corrected chi connectivity index (χ0v) is 23.0. The summed E-state index contributed by atoms with van der Waals surface area (Å²) >= 11 is 0. The SMILES string of the molecule is Cn1cc(Nc2nc(N)nc(-c3cccc(-n4ccc5cc(C6CC6)cc(F)c5c4=O)c3CO)n2)cc1S(C)(=O)=O. The zero-order chi connectivity index (χ0) is 29.1. The van der Waals surface area contributed by atoms with E-state index in [0.717, 1.165) is 24.7 Å². The van der Waals surface area contributed by atoms with Gasteiger partial charge in [-0.25, -0.2) is 12.8 Å². The Bertz CT molecular complexity index is 2020. The Balaban J connectivity index is 1.42. The lowest BCUT2D eigenvalue weighted by Gasteiger charge is -2.16. The molecule has 1 fully saturated rings. The van der Waals surface area contributed by atoms with Gasteiger partial charge in [-0.1, -0.05) is 18.2 Å². The summed E-state index contributed by atoms with van der Waals surface area (Å²) in [5, 5.41) is 13.9. The molecule has 4 N–H and O–H groups in total. The highest BCUT2D eigenvalue weighted by atomic mass is 32.2. The highest BCUT2D eigenvalue weighted by Gasteiger charge is 2.25. The maximum Gasteiger partial charge on any atom is 0.265 e. The van der Waals surface area contributed by atoms with Crippen molar-refractivity contribution in [1.82, 2.24) is 24.1 Å². The van der Waals surface area contributed by atoms with Crippen LogP contribution in [0.4, 0.5) is 22.0 Å². The Kier molecular flexibility index (Phi) is 6.35. The number of fused-ring (bicyclic) bond motifs is 1. The molecule has 1 aliphatic carbocycles. The monoisotopic (exact) mass is 575 g/mol. The second-order valence-electron chi connectivity index (χ2n) is 10.1. The van der Waals surface area contributed by atoms with Crippen molar-refractivity contribution in [1.29, 1.82) is 0 Å². The number of nitrogens with one attached hydrogen (secondary N) is 1. The van der Waals surface area contributed by atoms with E-state index >= 15 is 4.39 Å². The van der Waals surface area contributed by atoms with Gasteiger partial charge < -0.3 is 20.7 Å². The van der Waals surface area contributed by atoms with Crippen LogP contribution in [0, 0.1) is 5.82 Å². The van der Waals surface area contributed by atoms with Gasteiger partial charge in [0.15, 0.2) is 15.7 Å². The van der Waals surface area contributed by atoms with Gasteiger partial charge >= 0.3 is 0 Å². The van der Waals surface area contributed by atoms with Crippen molar-refractivity contribution in [2.24, 2.45) is 7.05 Å². The van der Waals surface area contributed by atoms with E-state index in [0.29, 0.717) is 33.8 Å². The lowest BCUT2D eigenvalue weighted by molar-refractivity contribution is 0.282. The number of anilines is 3. The number of nitrogens with two attached hydrogens (primary N) is 1. The number of halogens is 1. The van der Waals surface area contributed by atoms with Crippen LogP contribution in [0.2, 0.25) is 0 Å². The molecule has 1 aliphatic rings. The molecule has 1 saturated carbocycles. The zero-order valence-electron chi connectivity index (χ0n) is 22.2. The molecule has 6 rings (SSSR count). The van der Waals surface area contributed by atoms with Crippen molar-refractivity contribution >= 4 is 38.2 Å². The van der Waals surface area contributed by atoms with Gasteiger partial charge in [0.05, 0.1) is 23.4 Å². The molecular weight excluding hydrogens is 549 g/mol. The number of nitrogens with zero attached hydrogens (tertiary/aromatic N) is 5. The van der Waals surface area contributed by atoms with Crippen molar-refractivity contribution in [2.75, 3.05) is 17.3 Å². The van der Waals surface area contributed by atoms with Gasteiger partial charge in [0.1, 0.15) is 10.8 Å². The molecular formula is C28H26FN7O4S. The molecule has 13 heteroatoms. The molecule has 0 spiro atoms. The van der Waals surface area contributed by atoms with Crippen LogP contribution >= 0.6 is 0 Å². The molecule has 210 valence electrons. The number of aliphatic hydroxyl groups is 1. The number of aromatic nitrogens is 5. The van der Waals surface area contributed by atoms with E-state index < -0.39 is 27.8 Å². The minimum absolute atomic E-state index is 0.0293. The molecule has 3 aromatic heterocycles. The summed E-state index contributed by atoms with van der Waals surface area (Å²) < 4.78 is 41.9. The number of pyridine rings is 1. The summed E-state index contributed by atoms with van der Waals surface area (Å²) in [5.41, 5.74) is 7.75. The quantitative estimate of drug-likeness (QED) is 0.264. The molecule has 3 heterocycles. The van der Waals surface area contributed by atoms with Crippen LogP contribution in [0.3, 0.4) is 0 Å². The fraction of sp³-hybridized carbons (Fsp3) is 0.214. The number of nitrogen functional groups attached to an aromatic ring is 1. The third-order valence-electron chi connectivity index (χ3n) is 7.09. The molecule has 0 amide bonds. The van der Waals surface area contributed by atoms with Gasteiger partial charge in [0, 0.05) is 36.8 Å². The minimum atomic E-state index is -3.46. The average Bonchev–Trinajstić information content (AvgIpc) is 3.69. The van der Waals surface area contributed by atoms with E-state index in [-0.39, 0.29) is 28.1 Å². The summed E-state index contributed by atoms with van der Waals surface area (Å²) in [4.78, 5) is 26.3. The maximum atomic E-state index is 15.1. The van der Waals surface area contributed by atoms with Crippen molar-refractivity contribution in [3.05, 3.63) is 82.2 Å². The molecule has 11 nitrogen and oxygen atoms in total. The van der Waals surface area contributed by atoms with Crippen LogP contribution in [0.25, 0.3) is 27.8 Å². The fourth-order valence-corrected chi connectivity index (χ4v) is 5.96. The molecule has 0 aliphatic heterocycles. The first-order valence-corrected chi connectivity index (χ1v) is 14.7. The van der Waals surface area contributed by atoms with Crippen molar-refractivity contribution < 1.29 is 17.9 Å². The van der Waals surface area contributed by atoms with Gasteiger partial charge in [-0.05, 0) is 54.0 Å². The first-order chi connectivity index (χ1) is 19.5. The number of sulfone groups is 1. The predicted molar refractivity (Wildman–Crippen MR) is 152 cm³/mol. The second-order valence-corrected chi connectivity index (χ2v) is 12.1. The first kappa shape index (κ1) is 26.6. The first-order valence-electron chi connectivity index (χ1n) is 12.8. The predicted octanol–water partition coefficient (Wildman–Crippen LogP) is 3.42. The van der Waals surface area contributed by atoms with Crippen molar-refractivity contribution in [3.63, 3.8) is 0 Å². The number of aryl methyl sites for hydroxylation is 1. The highest BCUT2D eigenvalue weighted by Crippen LogP contribution is 2.41. The third kappa shape index (κ3) is 4.93. The van der Waals surface area contributed by atoms with E-state index in [9.17, 15) is 18.3 Å². The smallest absolute Gasteiger partial charge is 0.265 e. The molecule has 5 aromatic rings. The Labute approximate surface area is 234 Å². The minimum Gasteiger partial charge on any atom is -0.392 e. The normalized spacial score (nSPS) is 13.6. The lowest BCUT2D eigenvalue weighted by atomic mass is 10.0. The van der Waals surface area contributed by atoms with Crippen LogP contribution in [-0.4, -0.2) is 43.9 Å². The van der Waals surface area contributed by atoms with Gasteiger partial charge in [0.2, 0.25) is 11.9 Å². The number of hydrogen-bond donors (Lipinski definition) is 3. The van der Waals surface area contributed by atoms with Crippen LogP contribution < -0.4 is 16.6 Å². The second kappa shape index (κ2) is 9.78. The topological polar surface area (TPSA) is 158 Å². The van der Waals surface area contributed by atoms with Crippen LogP contribution in [-0.2, 0) is 23.5 Å². The van der Waals surface area contributed by atoms with E-state index in [4.69, 9.17) is 5.73 Å². The summed E-state index contributed by atoms with van der Waals surface area (Å²) in [6, 6.07) is 11.4. The van der Waals surface area contributed by atoms with E-state index in [2.05, 4.69) is 20.3 Å². The van der Waals surface area contributed by atoms with Crippen molar-refractivity contribution in [3.8, 4) is 17.1 Å². The summed E-state index contributed by atoms with van der Waals surface area (Å²) in [6.07, 6.45) is 6.26. The molecule has 2 aromatic carbocycles. The van der Waals surface area contributed by atoms with Gasteiger partial charge in [-0.2, -0.15) is 15.0 Å². The molecule has 41 heavy (non-hydrogen) atoms. The lowest BCUT2D eigenvalue weighted by Crippen LogP contribution is -2.20. The van der Waals surface area contributed by atoms with Gasteiger partial charge in [-0.15, -0.1) is 0 Å². The van der Waals surface area contributed by atoms with E-state index in [1.165, 1.54) is 21.3 Å². The number of hydrogen-bond acceptors (Lipinski definition) is 9. The van der Waals surface area contributed by atoms with Crippen molar-refractivity contribution in [2.45, 2.75) is 30.4 Å². The number of benzene rings is 2. The molecule has 0 bridgehead atoms. The maximum absolute atomic E-state index is 15.1. The summed E-state index contributed by atoms with van der Waals surface area (Å²) in [6.45, 7) is -0.482. The standard InChI is InChI=1S/C28H26FN7O4S/c1-35-13-18(12-23(35)41(2,39)40)31-28-33-25(32-27(30)34-28)19-4-3-5-22(20(19)14-37)36-9-8-16-10-17(15-6-7-15)11-21(29)24(16)26(36)38/h3-5,8-13,15,37H,6-7,14H2,1-2H3,(H3,30,31,32,33,34). The van der Waals surface area contributed by atoms with Gasteiger partial charge in [0.25, 0.3) is 5.56 Å². The Morgan fingerprint density at radius 3 is 2.61 bits per heavy atom. The Hall–Kier alpha value is -4.62. The van der Waals surface area contributed by atoms with E-state index in [1.807, 2.05) is 6.07 Å². The molecule has 0 radical (unpaired) electrons. The Morgan fingerprint density at radius 2 is 1.93 bits per heavy atom. The van der Waals surface area contributed by atoms with Gasteiger partial charge in [-0.3, -0.25) is 9.36 Å². The largest absolute Gasteiger partial charge is 0.392 e. The number of aliphatic hydroxyl groups excluding tert-OH is 1. The summed E-state index contributed by atoms with van der Waals surface area (Å²) in [7, 11) is -1.86. The summed E-state index contributed by atoms with van der Waals surface area (Å²) in [5.74, 6) is -0.207. The third-order valence-corrected chi connectivity index (χ3v) is 8.25. The van der Waals surface area contributed by atoms with Crippen LogP contribution in [0.15, 0.2) is 64.7 Å². The molecule has 0 atom stereocenters. The van der Waals surface area contributed by atoms with Crippen LogP contribution in [0.5, 0.6) is 0 Å². The average molecular weight is 576 g/mol. The Morgan fingerprint density at radius 1 is 1.15 bits per heavy atom. The molecule has 0 saturated heterocycles.